The van der Waals surface area contributed by atoms with Crippen molar-refractivity contribution in [3.8, 4) is 5.75 Å². The summed E-state index contributed by atoms with van der Waals surface area (Å²) < 4.78 is 30.0. The molecule has 0 N–H and O–H groups in total. The largest absolute Gasteiger partial charge is 0.484 e. The zero-order valence-electron chi connectivity index (χ0n) is 18.7. The Bertz CT molecular complexity index is 999. The van der Waals surface area contributed by atoms with E-state index < -0.39 is 10.0 Å². The molecule has 8 heteroatoms. The Morgan fingerprint density at radius 2 is 1.69 bits per heavy atom. The Balaban J connectivity index is 1.38. The molecule has 7 nitrogen and oxygen atoms in total. The van der Waals surface area contributed by atoms with Crippen molar-refractivity contribution < 1.29 is 17.9 Å². The van der Waals surface area contributed by atoms with E-state index in [-0.39, 0.29) is 12.5 Å². The van der Waals surface area contributed by atoms with Gasteiger partial charge in [-0.15, -0.1) is 0 Å². The minimum atomic E-state index is -3.22. The van der Waals surface area contributed by atoms with Gasteiger partial charge in [0.05, 0.1) is 6.26 Å². The summed E-state index contributed by atoms with van der Waals surface area (Å²) in [5.74, 6) is 0.569. The van der Waals surface area contributed by atoms with E-state index in [9.17, 15) is 13.2 Å². The maximum Gasteiger partial charge on any atom is 0.260 e. The van der Waals surface area contributed by atoms with E-state index in [4.69, 9.17) is 4.74 Å². The molecule has 0 radical (unpaired) electrons. The summed E-state index contributed by atoms with van der Waals surface area (Å²) in [5.41, 5.74) is 2.04. The Morgan fingerprint density at radius 3 is 2.31 bits per heavy atom. The van der Waals surface area contributed by atoms with Crippen molar-refractivity contribution in [3.05, 3.63) is 71.8 Å². The molecule has 1 amide bonds. The van der Waals surface area contributed by atoms with Gasteiger partial charge in [0.25, 0.3) is 5.91 Å². The predicted octanol–water partition coefficient (Wildman–Crippen LogP) is 2.31. The molecule has 3 rings (SSSR count). The van der Waals surface area contributed by atoms with Crippen LogP contribution in [0.3, 0.4) is 0 Å². The van der Waals surface area contributed by atoms with E-state index in [2.05, 4.69) is 29.2 Å². The number of rotatable bonds is 9. The number of ether oxygens (including phenoxy) is 1. The van der Waals surface area contributed by atoms with Crippen LogP contribution in [0.1, 0.15) is 11.1 Å². The molecule has 0 aliphatic carbocycles. The molecule has 0 aromatic heterocycles. The van der Waals surface area contributed by atoms with Gasteiger partial charge in [-0.1, -0.05) is 54.6 Å². The van der Waals surface area contributed by atoms with Crippen LogP contribution in [-0.4, -0.2) is 81.1 Å². The van der Waals surface area contributed by atoms with Crippen molar-refractivity contribution in [3.63, 3.8) is 0 Å². The first-order valence-corrected chi connectivity index (χ1v) is 12.5. The van der Waals surface area contributed by atoms with Crippen LogP contribution >= 0.6 is 0 Å². The van der Waals surface area contributed by atoms with Crippen molar-refractivity contribution in [1.29, 1.82) is 0 Å². The first kappa shape index (κ1) is 24.0. The normalized spacial score (nSPS) is 15.4. The van der Waals surface area contributed by atoms with Crippen LogP contribution in [0, 0.1) is 0 Å². The van der Waals surface area contributed by atoms with E-state index in [1.807, 2.05) is 35.2 Å². The lowest BCUT2D eigenvalue weighted by molar-refractivity contribution is -0.135. The number of carbonyl (C=O) groups is 1. The van der Waals surface area contributed by atoms with Crippen molar-refractivity contribution in [2.45, 2.75) is 6.54 Å². The SMILES string of the molecule is CN(Cc1ccc(OCC(=O)N2CCN(C/C=C/c3ccccc3)CC2)cc1)S(C)(=O)=O. The lowest BCUT2D eigenvalue weighted by atomic mass is 10.2. The molecule has 1 aliphatic rings. The Hall–Kier alpha value is -2.68. The maximum absolute atomic E-state index is 12.5. The summed E-state index contributed by atoms with van der Waals surface area (Å²) in [6.07, 6.45) is 5.46. The number of amides is 1. The molecule has 172 valence electrons. The third-order valence-electron chi connectivity index (χ3n) is 5.46. The molecule has 1 aliphatic heterocycles. The van der Waals surface area contributed by atoms with E-state index in [1.165, 1.54) is 23.2 Å². The molecule has 0 bridgehead atoms. The second-order valence-electron chi connectivity index (χ2n) is 7.95. The first-order chi connectivity index (χ1) is 15.3. The second-order valence-corrected chi connectivity index (χ2v) is 10.0. The van der Waals surface area contributed by atoms with Crippen molar-refractivity contribution in [1.82, 2.24) is 14.1 Å². The monoisotopic (exact) mass is 457 g/mol. The highest BCUT2D eigenvalue weighted by molar-refractivity contribution is 7.88. The lowest BCUT2D eigenvalue weighted by Crippen LogP contribution is -2.49. The molecule has 0 saturated carbocycles. The molecule has 0 unspecified atom stereocenters. The van der Waals surface area contributed by atoms with E-state index in [0.717, 1.165) is 25.2 Å². The summed E-state index contributed by atoms with van der Waals surface area (Å²) in [6.45, 7) is 4.23. The fourth-order valence-corrected chi connectivity index (χ4v) is 3.77. The Morgan fingerprint density at radius 1 is 1.03 bits per heavy atom. The highest BCUT2D eigenvalue weighted by Crippen LogP contribution is 2.15. The molecule has 1 fully saturated rings. The number of carbonyl (C=O) groups excluding carboxylic acids is 1. The van der Waals surface area contributed by atoms with Gasteiger partial charge in [0.15, 0.2) is 6.61 Å². The fourth-order valence-electron chi connectivity index (χ4n) is 3.38. The lowest BCUT2D eigenvalue weighted by Gasteiger charge is -2.34. The highest BCUT2D eigenvalue weighted by Gasteiger charge is 2.20. The second kappa shape index (κ2) is 11.3. The van der Waals surface area contributed by atoms with Crippen LogP contribution in [-0.2, 0) is 21.4 Å². The van der Waals surface area contributed by atoms with Gasteiger partial charge in [-0.05, 0) is 23.3 Å². The average molecular weight is 458 g/mol. The van der Waals surface area contributed by atoms with Crippen molar-refractivity contribution >= 4 is 22.0 Å². The number of sulfonamides is 1. The first-order valence-electron chi connectivity index (χ1n) is 10.7. The molecular formula is C24H31N3O4S. The summed E-state index contributed by atoms with van der Waals surface area (Å²) in [5, 5.41) is 0. The van der Waals surface area contributed by atoms with Crippen LogP contribution in [0.2, 0.25) is 0 Å². The summed E-state index contributed by atoms with van der Waals surface area (Å²) >= 11 is 0. The minimum Gasteiger partial charge on any atom is -0.484 e. The topological polar surface area (TPSA) is 70.2 Å². The predicted molar refractivity (Wildman–Crippen MR) is 127 cm³/mol. The third-order valence-corrected chi connectivity index (χ3v) is 6.72. The van der Waals surface area contributed by atoms with Gasteiger partial charge in [-0.25, -0.2) is 12.7 Å². The molecule has 0 atom stereocenters. The van der Waals surface area contributed by atoms with Gasteiger partial charge < -0.3 is 9.64 Å². The van der Waals surface area contributed by atoms with Crippen LogP contribution < -0.4 is 4.74 Å². The number of hydrogen-bond donors (Lipinski definition) is 0. The van der Waals surface area contributed by atoms with E-state index in [0.29, 0.717) is 25.4 Å². The molecule has 0 spiro atoms. The summed E-state index contributed by atoms with van der Waals surface area (Å²) in [4.78, 5) is 16.7. The van der Waals surface area contributed by atoms with Crippen LogP contribution in [0.4, 0.5) is 0 Å². The Labute approximate surface area is 190 Å². The quantitative estimate of drug-likeness (QED) is 0.578. The van der Waals surface area contributed by atoms with Gasteiger partial charge in [0, 0.05) is 46.3 Å². The number of piperazine rings is 1. The Kier molecular flexibility index (Phi) is 8.44. The van der Waals surface area contributed by atoms with Crippen LogP contribution in [0.25, 0.3) is 6.08 Å². The highest BCUT2D eigenvalue weighted by atomic mass is 32.2. The van der Waals surface area contributed by atoms with Gasteiger partial charge >= 0.3 is 0 Å². The van der Waals surface area contributed by atoms with Crippen LogP contribution in [0.15, 0.2) is 60.7 Å². The van der Waals surface area contributed by atoms with E-state index >= 15 is 0 Å². The zero-order valence-corrected chi connectivity index (χ0v) is 19.5. The van der Waals surface area contributed by atoms with Gasteiger partial charge in [-0.2, -0.15) is 0 Å². The van der Waals surface area contributed by atoms with E-state index in [1.54, 1.807) is 12.1 Å². The minimum absolute atomic E-state index is 0.00347. The molecular weight excluding hydrogens is 426 g/mol. The number of nitrogens with zero attached hydrogens (tertiary/aromatic N) is 3. The van der Waals surface area contributed by atoms with Gasteiger partial charge in [0.1, 0.15) is 5.75 Å². The molecule has 1 heterocycles. The smallest absolute Gasteiger partial charge is 0.260 e. The number of benzene rings is 2. The average Bonchev–Trinajstić information content (AvgIpc) is 2.79. The summed E-state index contributed by atoms with van der Waals surface area (Å²) in [6, 6.07) is 17.4. The fraction of sp³-hybridized carbons (Fsp3) is 0.375. The molecule has 1 saturated heterocycles. The van der Waals surface area contributed by atoms with Gasteiger partial charge in [0.2, 0.25) is 10.0 Å². The summed E-state index contributed by atoms with van der Waals surface area (Å²) in [7, 11) is -1.68. The maximum atomic E-state index is 12.5. The molecule has 2 aromatic rings. The van der Waals surface area contributed by atoms with Crippen LogP contribution in [0.5, 0.6) is 5.75 Å². The molecule has 32 heavy (non-hydrogen) atoms. The van der Waals surface area contributed by atoms with Crippen molar-refractivity contribution in [2.75, 3.05) is 52.6 Å². The van der Waals surface area contributed by atoms with Crippen molar-refractivity contribution in [2.24, 2.45) is 0 Å². The number of hydrogen-bond acceptors (Lipinski definition) is 5. The molecule has 2 aromatic carbocycles. The zero-order chi connectivity index (χ0) is 23.0. The standard InChI is InChI=1S/C24H31N3O4S/c1-25(32(2,29)30)19-22-10-12-23(13-11-22)31-20-24(28)27-17-15-26(16-18-27)14-6-9-21-7-4-3-5-8-21/h3-13H,14-20H2,1-2H3/b9-6+. The van der Waals surface area contributed by atoms with Gasteiger partial charge in [-0.3, -0.25) is 9.69 Å². The third kappa shape index (κ3) is 7.47.